The minimum atomic E-state index is -2.06. The molecule has 4 heterocycles. The maximum Gasteiger partial charge on any atom is 0.335 e. The van der Waals surface area contributed by atoms with Crippen LogP contribution in [-0.2, 0) is 42.7 Å². The smallest absolute Gasteiger partial charge is 0.335 e. The summed E-state index contributed by atoms with van der Waals surface area (Å²) in [6, 6.07) is -4.94. The quantitative estimate of drug-likeness (QED) is 0.0872. The van der Waals surface area contributed by atoms with E-state index < -0.39 is 166 Å². The van der Waals surface area contributed by atoms with Gasteiger partial charge in [-0.25, -0.2) is 4.79 Å². The molecule has 24 atom stereocenters. The fraction of sp³-hybridized carbons (Fsp3) is 0.966. The molecule has 0 aromatic carbocycles. The molecule has 21 N–H and O–H groups in total. The van der Waals surface area contributed by atoms with Crippen LogP contribution in [0.15, 0.2) is 0 Å². The van der Waals surface area contributed by atoms with Crippen LogP contribution >= 0.6 is 0 Å². The van der Waals surface area contributed by atoms with Gasteiger partial charge in [-0.3, -0.25) is 0 Å². The molecule has 0 aromatic heterocycles. The first kappa shape index (κ1) is 43.7. The summed E-state index contributed by atoms with van der Waals surface area (Å²) in [6.07, 6.45) is -32.9. The molecule has 5 rings (SSSR count). The summed E-state index contributed by atoms with van der Waals surface area (Å²) in [7, 11) is 0. The van der Waals surface area contributed by atoms with Crippen molar-refractivity contribution in [2.24, 2.45) is 28.7 Å². The number of aliphatic hydroxyl groups excluding tert-OH is 10. The lowest BCUT2D eigenvalue weighted by atomic mass is 9.84. The van der Waals surface area contributed by atoms with Crippen LogP contribution in [0.4, 0.5) is 0 Å². The topological polar surface area (TPSA) is 444 Å². The van der Waals surface area contributed by atoms with Crippen molar-refractivity contribution in [3.8, 4) is 0 Å². The summed E-state index contributed by atoms with van der Waals surface area (Å²) in [6.45, 7) is -1.81. The second-order valence-electron chi connectivity index (χ2n) is 14.0. The molecule has 0 bridgehead atoms. The van der Waals surface area contributed by atoms with Crippen molar-refractivity contribution >= 4 is 5.97 Å². The highest BCUT2D eigenvalue weighted by Gasteiger charge is 2.56. The average Bonchev–Trinajstić information content (AvgIpc) is 3.43. The molecule has 5 fully saturated rings. The molecule has 25 nitrogen and oxygen atoms in total. The van der Waals surface area contributed by atoms with E-state index in [1.54, 1.807) is 0 Å². The Morgan fingerprint density at radius 3 is 1.67 bits per heavy atom. The van der Waals surface area contributed by atoms with Crippen LogP contribution in [0.2, 0.25) is 0 Å². The second kappa shape index (κ2) is 18.0. The lowest BCUT2D eigenvalue weighted by Gasteiger charge is -2.49. The molecule has 0 radical (unpaired) electrons. The van der Waals surface area contributed by atoms with E-state index in [1.807, 2.05) is 0 Å². The third-order valence-electron chi connectivity index (χ3n) is 10.4. The largest absolute Gasteiger partial charge is 0.479 e. The Bertz CT molecular complexity index is 1230. The van der Waals surface area contributed by atoms with Gasteiger partial charge in [0.05, 0.1) is 31.4 Å². The maximum absolute atomic E-state index is 11.6. The van der Waals surface area contributed by atoms with Gasteiger partial charge in [0.15, 0.2) is 31.3 Å². The first-order chi connectivity index (χ1) is 25.4. The average molecular weight is 792 g/mol. The van der Waals surface area contributed by atoms with E-state index in [-0.39, 0.29) is 13.0 Å². The van der Waals surface area contributed by atoms with Gasteiger partial charge in [0.1, 0.15) is 85.5 Å². The Morgan fingerprint density at radius 1 is 0.519 bits per heavy atom. The second-order valence-corrected chi connectivity index (χ2v) is 14.0. The van der Waals surface area contributed by atoms with Crippen LogP contribution in [0.3, 0.4) is 0 Å². The number of aliphatic carboxylic acids is 1. The predicted octanol–water partition coefficient (Wildman–Crippen LogP) is -10.9. The lowest BCUT2D eigenvalue weighted by molar-refractivity contribution is -0.348. The molecule has 4 aliphatic heterocycles. The van der Waals surface area contributed by atoms with Gasteiger partial charge in [0.2, 0.25) is 0 Å². The van der Waals surface area contributed by atoms with Crippen LogP contribution in [0.25, 0.3) is 0 Å². The van der Waals surface area contributed by atoms with Gasteiger partial charge in [-0.2, -0.15) is 0 Å². The summed E-state index contributed by atoms with van der Waals surface area (Å²) in [5.74, 6) is -1.70. The van der Waals surface area contributed by atoms with E-state index in [0.29, 0.717) is 0 Å². The molecule has 4 saturated heterocycles. The molecule has 5 unspecified atom stereocenters. The highest BCUT2D eigenvalue weighted by molar-refractivity contribution is 5.73. The van der Waals surface area contributed by atoms with Gasteiger partial charge < -0.3 is 123 Å². The summed E-state index contributed by atoms with van der Waals surface area (Å²) < 4.78 is 45.7. The molecule has 1 saturated carbocycles. The number of aliphatic hydroxyl groups is 10. The molecular formula is C29H53N5O20. The van der Waals surface area contributed by atoms with Crippen LogP contribution in [0.5, 0.6) is 0 Å². The number of ether oxygens (including phenoxy) is 8. The van der Waals surface area contributed by atoms with E-state index >= 15 is 0 Å². The number of rotatable bonds is 12. The van der Waals surface area contributed by atoms with E-state index in [9.17, 15) is 61.0 Å². The SMILES string of the molecule is NC[C@@H]1O[C@H](O[C@H]2[C@@H](O)[C@H](O[C@@H]3[C@@H](O)[C@H](N)C[C@H](N)[C@H]3O[C@H]3O[C@H](CO)[C@@H](O)[C@H](OC4OC(C(=O)O)C(O)C(O)C4O)[C@H]3N)O[C@@H]2CO)[C@H](N)[C@@H](O)[C@@H]1O. The van der Waals surface area contributed by atoms with E-state index in [2.05, 4.69) is 0 Å². The van der Waals surface area contributed by atoms with Crippen molar-refractivity contribution in [3.05, 3.63) is 0 Å². The van der Waals surface area contributed by atoms with Crippen LogP contribution in [0, 0.1) is 0 Å². The Hall–Kier alpha value is -1.45. The minimum absolute atomic E-state index is 0.0645. The zero-order chi connectivity index (χ0) is 39.9. The Balaban J connectivity index is 1.33. The molecule has 0 aromatic rings. The third-order valence-corrected chi connectivity index (χ3v) is 10.4. The molecule has 25 heteroatoms. The van der Waals surface area contributed by atoms with Gasteiger partial charge in [-0.15, -0.1) is 0 Å². The molecule has 314 valence electrons. The molecular weight excluding hydrogens is 738 g/mol. The van der Waals surface area contributed by atoms with Gasteiger partial charge in [0, 0.05) is 18.6 Å². The van der Waals surface area contributed by atoms with Crippen molar-refractivity contribution < 1.29 is 98.9 Å². The summed E-state index contributed by atoms with van der Waals surface area (Å²) >= 11 is 0. The van der Waals surface area contributed by atoms with Gasteiger partial charge in [0.25, 0.3) is 0 Å². The molecule has 0 amide bonds. The summed E-state index contributed by atoms with van der Waals surface area (Å²) in [4.78, 5) is 11.6. The number of hydrogen-bond acceptors (Lipinski definition) is 24. The van der Waals surface area contributed by atoms with Crippen molar-refractivity contribution in [1.29, 1.82) is 0 Å². The zero-order valence-electron chi connectivity index (χ0n) is 28.7. The van der Waals surface area contributed by atoms with Gasteiger partial charge in [-0.1, -0.05) is 0 Å². The predicted molar refractivity (Wildman–Crippen MR) is 170 cm³/mol. The monoisotopic (exact) mass is 791 g/mol. The standard InChI is InChI=1S/C29H53N5O20/c30-2-7-13(38)15(40)10(33)26(47-7)51-21-9(4-36)49-29(19(21)44)53-23-12(37)5(31)1-6(32)20(23)50-27-11(34)22(14(39)8(3-35)48-27)52-28-18(43)16(41)17(42)24(54-28)25(45)46/h5-24,26-29,35-44H,1-4,30-34H2,(H,45,46)/t5-,6+,7+,8-,9-,10-,11-,12+,13-,14-,15-,16?,17?,18?,19-,20-,21-,22-,23-,24?,26-,27-,28?,29+/m1/s1. The molecule has 1 aliphatic carbocycles. The van der Waals surface area contributed by atoms with E-state index in [0.717, 1.165) is 0 Å². The normalized spacial score (nSPS) is 53.0. The summed E-state index contributed by atoms with van der Waals surface area (Å²) in [5, 5.41) is 114. The van der Waals surface area contributed by atoms with Crippen LogP contribution < -0.4 is 28.7 Å². The third kappa shape index (κ3) is 8.54. The van der Waals surface area contributed by atoms with Crippen LogP contribution in [0.1, 0.15) is 6.42 Å². The number of carboxylic acid groups (broad SMARTS) is 1. The van der Waals surface area contributed by atoms with E-state index in [1.165, 1.54) is 0 Å². The Labute approximate surface area is 306 Å². The Morgan fingerprint density at radius 2 is 1.06 bits per heavy atom. The number of carbonyl (C=O) groups is 1. The maximum atomic E-state index is 11.6. The summed E-state index contributed by atoms with van der Waals surface area (Å²) in [5.41, 5.74) is 30.5. The number of carboxylic acids is 1. The highest BCUT2D eigenvalue weighted by Crippen LogP contribution is 2.35. The zero-order valence-corrected chi connectivity index (χ0v) is 28.7. The van der Waals surface area contributed by atoms with Crippen molar-refractivity contribution in [2.75, 3.05) is 19.8 Å². The van der Waals surface area contributed by atoms with Crippen molar-refractivity contribution in [2.45, 2.75) is 153 Å². The van der Waals surface area contributed by atoms with Gasteiger partial charge >= 0.3 is 5.97 Å². The first-order valence-electron chi connectivity index (χ1n) is 17.3. The number of nitrogens with two attached hydrogens (primary N) is 5. The highest BCUT2D eigenvalue weighted by atomic mass is 16.8. The fourth-order valence-corrected chi connectivity index (χ4v) is 7.17. The minimum Gasteiger partial charge on any atom is -0.479 e. The lowest BCUT2D eigenvalue weighted by Crippen LogP contribution is -2.69. The van der Waals surface area contributed by atoms with Crippen molar-refractivity contribution in [3.63, 3.8) is 0 Å². The van der Waals surface area contributed by atoms with Crippen molar-refractivity contribution in [1.82, 2.24) is 0 Å². The fourth-order valence-electron chi connectivity index (χ4n) is 7.17. The van der Waals surface area contributed by atoms with Crippen LogP contribution in [-0.4, -0.2) is 229 Å². The molecule has 54 heavy (non-hydrogen) atoms. The first-order valence-corrected chi connectivity index (χ1v) is 17.3. The molecule has 5 aliphatic rings. The molecule has 0 spiro atoms. The van der Waals surface area contributed by atoms with E-state index in [4.69, 9.17) is 66.6 Å². The Kier molecular flexibility index (Phi) is 14.6. The number of hydrogen-bond donors (Lipinski definition) is 16. The van der Waals surface area contributed by atoms with Gasteiger partial charge in [-0.05, 0) is 6.42 Å².